The molecule has 0 amide bonds. The summed E-state index contributed by atoms with van der Waals surface area (Å²) in [5.74, 6) is 0. The monoisotopic (exact) mass is 602 g/mol. The summed E-state index contributed by atoms with van der Waals surface area (Å²) in [6, 6.07) is 50.0. The van der Waals surface area contributed by atoms with Gasteiger partial charge in [-0.1, -0.05) is 161 Å². The van der Waals surface area contributed by atoms with Crippen molar-refractivity contribution in [3.05, 3.63) is 189 Å². The van der Waals surface area contributed by atoms with Gasteiger partial charge in [-0.2, -0.15) is 0 Å². The van der Waals surface area contributed by atoms with Crippen LogP contribution in [-0.2, 0) is 26.8 Å². The molecule has 6 aromatic carbocycles. The third-order valence-electron chi connectivity index (χ3n) is 12.4. The zero-order valence-electron chi connectivity index (χ0n) is 27.1. The predicted octanol–water partition coefficient (Wildman–Crippen LogP) is 10.8. The lowest BCUT2D eigenvalue weighted by atomic mass is 9.63. The highest BCUT2D eigenvalue weighted by Crippen LogP contribution is 2.74. The Kier molecular flexibility index (Phi) is 4.51. The minimum atomic E-state index is -0.795. The molecular weight excluding hydrogens is 569 g/mol. The van der Waals surface area contributed by atoms with Crippen molar-refractivity contribution < 1.29 is 4.74 Å². The molecule has 0 unspecified atom stereocenters. The lowest BCUT2D eigenvalue weighted by Crippen LogP contribution is -2.28. The first-order chi connectivity index (χ1) is 22.8. The smallest absolute Gasteiger partial charge is 0.147 e. The highest BCUT2D eigenvalue weighted by molar-refractivity contribution is 6.16. The van der Waals surface area contributed by atoms with Crippen molar-refractivity contribution in [2.24, 2.45) is 0 Å². The van der Waals surface area contributed by atoms with Gasteiger partial charge >= 0.3 is 0 Å². The lowest BCUT2D eigenvalue weighted by molar-refractivity contribution is -0.0155. The molecule has 0 saturated carbocycles. The summed E-state index contributed by atoms with van der Waals surface area (Å²) in [6.07, 6.45) is 0. The second-order valence-electron chi connectivity index (χ2n) is 15.1. The first-order valence-electron chi connectivity index (χ1n) is 17.0. The van der Waals surface area contributed by atoms with E-state index >= 15 is 0 Å². The summed E-state index contributed by atoms with van der Waals surface area (Å²) in [5, 5.41) is 0. The lowest BCUT2D eigenvalue weighted by Gasteiger charge is -2.36. The molecule has 0 fully saturated rings. The molecule has 2 atom stereocenters. The fraction of sp³-hybridized carbons (Fsp3) is 0.174. The van der Waals surface area contributed by atoms with Crippen molar-refractivity contribution in [2.45, 2.75) is 49.7 Å². The summed E-state index contributed by atoms with van der Waals surface area (Å²) in [6.45, 7) is 9.66. The van der Waals surface area contributed by atoms with Gasteiger partial charge in [0.25, 0.3) is 0 Å². The number of hydrogen-bond donors (Lipinski definition) is 0. The van der Waals surface area contributed by atoms with Gasteiger partial charge in [-0.15, -0.1) is 0 Å². The molecule has 1 heteroatoms. The maximum atomic E-state index is 8.00. The van der Waals surface area contributed by atoms with Crippen molar-refractivity contribution in [3.63, 3.8) is 0 Å². The van der Waals surface area contributed by atoms with Gasteiger partial charge < -0.3 is 4.74 Å². The van der Waals surface area contributed by atoms with Crippen LogP contribution in [0.25, 0.3) is 33.4 Å². The Morgan fingerprint density at radius 1 is 0.340 bits per heavy atom. The summed E-state index contributed by atoms with van der Waals surface area (Å²) in [5.41, 5.74) is 19.5. The van der Waals surface area contributed by atoms with Crippen LogP contribution in [0.2, 0.25) is 0 Å². The fourth-order valence-corrected chi connectivity index (χ4v) is 10.4. The molecule has 0 saturated heterocycles. The fourth-order valence-electron chi connectivity index (χ4n) is 10.4. The topological polar surface area (TPSA) is 9.23 Å². The van der Waals surface area contributed by atoms with E-state index in [9.17, 15) is 0 Å². The van der Waals surface area contributed by atoms with E-state index in [1.807, 2.05) is 0 Å². The van der Waals surface area contributed by atoms with Gasteiger partial charge in [-0.05, 0) is 77.9 Å². The van der Waals surface area contributed by atoms with E-state index in [-0.39, 0.29) is 10.8 Å². The third-order valence-corrected chi connectivity index (χ3v) is 12.4. The van der Waals surface area contributed by atoms with Crippen molar-refractivity contribution in [3.8, 4) is 22.3 Å². The van der Waals surface area contributed by atoms with Crippen molar-refractivity contribution in [1.82, 2.24) is 0 Å². The summed E-state index contributed by atoms with van der Waals surface area (Å²) < 4.78 is 8.00. The Labute approximate surface area is 276 Å². The standard InChI is InChI=1S/C46H34O/c1-43(2)33-23-13-19-29-37(33)39-35(43)25-26-36-40(39)38-30(20-14-24-34(38)44(36,3)4)42-41(29)45(27-15-7-5-8-16-27)31-21-11-12-22-32(31)46(42,47-45)28-17-9-6-10-18-28/h5-26H,1-4H3/t45-,46+. The molecule has 1 nitrogen and oxygen atoms in total. The average Bonchev–Trinajstić information content (AvgIpc) is 3.75. The van der Waals surface area contributed by atoms with E-state index in [2.05, 4.69) is 161 Å². The van der Waals surface area contributed by atoms with Gasteiger partial charge in [0.1, 0.15) is 11.2 Å². The molecule has 5 aliphatic rings. The Morgan fingerprint density at radius 2 is 0.702 bits per heavy atom. The molecular formula is C46H34O. The maximum Gasteiger partial charge on any atom is 0.147 e. The minimum absolute atomic E-state index is 0.129. The Bertz CT molecular complexity index is 2260. The average molecular weight is 603 g/mol. The Hall–Kier alpha value is -4.98. The van der Waals surface area contributed by atoms with Crippen LogP contribution in [0.4, 0.5) is 0 Å². The third kappa shape index (κ3) is 2.67. The quantitative estimate of drug-likeness (QED) is 0.192. The molecule has 0 radical (unpaired) electrons. The normalized spacial score (nSPS) is 23.7. The van der Waals surface area contributed by atoms with Gasteiger partial charge in [0.15, 0.2) is 0 Å². The molecule has 2 aliphatic heterocycles. The van der Waals surface area contributed by atoms with Crippen molar-refractivity contribution in [1.29, 1.82) is 0 Å². The molecule has 224 valence electrons. The summed E-state index contributed by atoms with van der Waals surface area (Å²) in [4.78, 5) is 0. The van der Waals surface area contributed by atoms with Crippen LogP contribution < -0.4 is 0 Å². The molecule has 0 spiro atoms. The highest BCUT2D eigenvalue weighted by Gasteiger charge is 2.67. The van der Waals surface area contributed by atoms with E-state index in [0.29, 0.717) is 0 Å². The van der Waals surface area contributed by atoms with E-state index in [1.54, 1.807) is 0 Å². The van der Waals surface area contributed by atoms with Crippen LogP contribution in [-0.4, -0.2) is 0 Å². The molecule has 2 bridgehead atoms. The SMILES string of the molecule is CC1(C)c2cccc3c2-c2c1ccc1c2-c2c(cccc2C1(C)C)C1=C3[C@]2(c3ccccc3)O[C@@]1(c1ccccc1)c1ccccc12. The largest absolute Gasteiger partial charge is 0.340 e. The molecule has 2 heterocycles. The van der Waals surface area contributed by atoms with E-state index in [1.165, 1.54) is 89.0 Å². The first-order valence-corrected chi connectivity index (χ1v) is 17.0. The molecule has 3 aliphatic carbocycles. The zero-order valence-corrected chi connectivity index (χ0v) is 27.1. The molecule has 6 aromatic rings. The predicted molar refractivity (Wildman–Crippen MR) is 190 cm³/mol. The van der Waals surface area contributed by atoms with Crippen LogP contribution in [0.15, 0.2) is 133 Å². The summed E-state index contributed by atoms with van der Waals surface area (Å²) in [7, 11) is 0. The van der Waals surface area contributed by atoms with Crippen LogP contribution in [0.1, 0.15) is 83.3 Å². The number of ether oxygens (including phenoxy) is 1. The number of rotatable bonds is 2. The number of fused-ring (bicyclic) bond motifs is 9. The second kappa shape index (κ2) is 8.11. The molecule has 11 rings (SSSR count). The Balaban J connectivity index is 1.44. The first kappa shape index (κ1) is 26.1. The van der Waals surface area contributed by atoms with Gasteiger partial charge in [0.2, 0.25) is 0 Å². The zero-order chi connectivity index (χ0) is 31.5. The highest BCUT2D eigenvalue weighted by atomic mass is 16.5. The molecule has 0 N–H and O–H groups in total. The van der Waals surface area contributed by atoms with E-state index in [4.69, 9.17) is 4.74 Å². The van der Waals surface area contributed by atoms with Gasteiger partial charge in [-0.25, -0.2) is 0 Å². The molecule has 47 heavy (non-hydrogen) atoms. The maximum absolute atomic E-state index is 8.00. The second-order valence-corrected chi connectivity index (χ2v) is 15.1. The summed E-state index contributed by atoms with van der Waals surface area (Å²) >= 11 is 0. The van der Waals surface area contributed by atoms with Gasteiger partial charge in [0, 0.05) is 22.0 Å². The van der Waals surface area contributed by atoms with E-state index in [0.717, 1.165) is 0 Å². The van der Waals surface area contributed by atoms with Crippen LogP contribution >= 0.6 is 0 Å². The molecule has 0 aromatic heterocycles. The van der Waals surface area contributed by atoms with Crippen LogP contribution in [0, 0.1) is 0 Å². The number of benzene rings is 6. The van der Waals surface area contributed by atoms with Crippen molar-refractivity contribution in [2.75, 3.05) is 0 Å². The van der Waals surface area contributed by atoms with Crippen LogP contribution in [0.5, 0.6) is 0 Å². The minimum Gasteiger partial charge on any atom is -0.340 e. The van der Waals surface area contributed by atoms with Gasteiger partial charge in [-0.3, -0.25) is 0 Å². The van der Waals surface area contributed by atoms with Crippen molar-refractivity contribution >= 4 is 11.1 Å². The Morgan fingerprint density at radius 3 is 1.13 bits per heavy atom. The van der Waals surface area contributed by atoms with E-state index < -0.39 is 11.2 Å². The van der Waals surface area contributed by atoms with Gasteiger partial charge in [0.05, 0.1) is 0 Å². The van der Waals surface area contributed by atoms with Crippen LogP contribution in [0.3, 0.4) is 0 Å². The number of hydrogen-bond acceptors (Lipinski definition) is 1.